The van der Waals surface area contributed by atoms with Crippen LogP contribution in [0.4, 0.5) is 4.79 Å². The lowest BCUT2D eigenvalue weighted by atomic mass is 10.2. The Morgan fingerprint density at radius 2 is 1.88 bits per heavy atom. The van der Waals surface area contributed by atoms with Gasteiger partial charge >= 0.3 is 6.09 Å². The smallest absolute Gasteiger partial charge is 0.410 e. The zero-order valence-electron chi connectivity index (χ0n) is 15.9. The van der Waals surface area contributed by atoms with Gasteiger partial charge in [0, 0.05) is 38.8 Å². The molecule has 0 atom stereocenters. The van der Waals surface area contributed by atoms with Crippen LogP contribution in [0.3, 0.4) is 0 Å². The quantitative estimate of drug-likeness (QED) is 0.557. The predicted octanol–water partition coefficient (Wildman–Crippen LogP) is 3.42. The van der Waals surface area contributed by atoms with Crippen LogP contribution >= 0.6 is 11.8 Å². The van der Waals surface area contributed by atoms with Gasteiger partial charge in [-0.15, -0.1) is 0 Å². The highest BCUT2D eigenvalue weighted by Gasteiger charge is 2.25. The highest BCUT2D eigenvalue weighted by atomic mass is 32.2. The average molecular weight is 380 g/mol. The van der Waals surface area contributed by atoms with Gasteiger partial charge in [0.25, 0.3) is 0 Å². The monoisotopic (exact) mass is 379 g/mol. The van der Waals surface area contributed by atoms with E-state index in [0.29, 0.717) is 19.5 Å². The summed E-state index contributed by atoms with van der Waals surface area (Å²) in [6, 6.07) is 5.59. The van der Waals surface area contributed by atoms with Crippen LogP contribution in [0.15, 0.2) is 29.4 Å². The summed E-state index contributed by atoms with van der Waals surface area (Å²) in [6.45, 7) is 9.72. The van der Waals surface area contributed by atoms with Crippen molar-refractivity contribution in [3.8, 4) is 0 Å². The van der Waals surface area contributed by atoms with E-state index in [-0.39, 0.29) is 11.2 Å². The maximum atomic E-state index is 12.0. The number of thioether (sulfide) groups is 1. The fourth-order valence-corrected chi connectivity index (χ4v) is 3.40. The molecule has 0 aliphatic carbocycles. The number of amides is 1. The third-order valence-corrected chi connectivity index (χ3v) is 4.87. The zero-order chi connectivity index (χ0) is 19.0. The Morgan fingerprint density at radius 1 is 1.15 bits per heavy atom. The first-order chi connectivity index (χ1) is 12.3. The molecule has 2 rings (SSSR count). The minimum atomic E-state index is -0.450. The van der Waals surface area contributed by atoms with Crippen LogP contribution in [0.2, 0.25) is 0 Å². The minimum Gasteiger partial charge on any atom is -0.444 e. The molecular formula is C19H29N3O3S. The summed E-state index contributed by atoms with van der Waals surface area (Å²) in [6.07, 6.45) is 3.91. The standard InChI is InChI=1S/C19H29N3O3S/c1-19(2,3)25-18(24)22-14-12-21(13-15-22)11-7-5-9-17(23)26-16-8-4-6-10-20-16/h4,6,8,10H,5,7,9,11-15H2,1-3H3. The van der Waals surface area contributed by atoms with E-state index in [1.165, 1.54) is 11.8 Å². The second-order valence-corrected chi connectivity index (χ2v) is 8.49. The van der Waals surface area contributed by atoms with E-state index in [4.69, 9.17) is 4.74 Å². The lowest BCUT2D eigenvalue weighted by Gasteiger charge is -2.35. The molecule has 1 aliphatic rings. The van der Waals surface area contributed by atoms with Gasteiger partial charge in [-0.05, 0) is 64.1 Å². The van der Waals surface area contributed by atoms with Crippen LogP contribution in [0.25, 0.3) is 0 Å². The molecule has 1 fully saturated rings. The summed E-state index contributed by atoms with van der Waals surface area (Å²) in [4.78, 5) is 32.3. The molecule has 0 N–H and O–H groups in total. The van der Waals surface area contributed by atoms with E-state index >= 15 is 0 Å². The van der Waals surface area contributed by atoms with Gasteiger partial charge in [0.2, 0.25) is 0 Å². The molecule has 7 heteroatoms. The van der Waals surface area contributed by atoms with Gasteiger partial charge in [-0.3, -0.25) is 9.69 Å². The van der Waals surface area contributed by atoms with Gasteiger partial charge in [0.05, 0.1) is 0 Å². The van der Waals surface area contributed by atoms with E-state index in [0.717, 1.165) is 37.5 Å². The summed E-state index contributed by atoms with van der Waals surface area (Å²) >= 11 is 1.22. The summed E-state index contributed by atoms with van der Waals surface area (Å²) in [5.74, 6) is 0. The number of hydrogen-bond acceptors (Lipinski definition) is 6. The molecule has 0 spiro atoms. The minimum absolute atomic E-state index is 0.165. The largest absolute Gasteiger partial charge is 0.444 e. The average Bonchev–Trinajstić information content (AvgIpc) is 2.58. The number of unbranched alkanes of at least 4 members (excludes halogenated alkanes) is 1. The fraction of sp³-hybridized carbons (Fsp3) is 0.632. The number of nitrogens with zero attached hydrogens (tertiary/aromatic N) is 3. The van der Waals surface area contributed by atoms with Gasteiger partial charge in [-0.1, -0.05) is 6.07 Å². The van der Waals surface area contributed by atoms with Gasteiger partial charge in [0.1, 0.15) is 10.6 Å². The Hall–Kier alpha value is -1.60. The van der Waals surface area contributed by atoms with Crippen molar-refractivity contribution in [3.05, 3.63) is 24.4 Å². The van der Waals surface area contributed by atoms with Gasteiger partial charge < -0.3 is 9.64 Å². The Labute approximate surface area is 160 Å². The van der Waals surface area contributed by atoms with Crippen LogP contribution in [-0.2, 0) is 9.53 Å². The molecule has 0 bridgehead atoms. The topological polar surface area (TPSA) is 62.7 Å². The highest BCUT2D eigenvalue weighted by molar-refractivity contribution is 8.13. The molecule has 1 saturated heterocycles. The summed E-state index contributed by atoms with van der Waals surface area (Å²) < 4.78 is 5.41. The van der Waals surface area contributed by atoms with Crippen LogP contribution in [0, 0.1) is 0 Å². The van der Waals surface area contributed by atoms with Crippen LogP contribution < -0.4 is 0 Å². The molecule has 1 aliphatic heterocycles. The third kappa shape index (κ3) is 7.74. The zero-order valence-corrected chi connectivity index (χ0v) is 16.8. The Bertz CT molecular complexity index is 581. The van der Waals surface area contributed by atoms with Crippen molar-refractivity contribution in [2.24, 2.45) is 0 Å². The van der Waals surface area contributed by atoms with Crippen molar-refractivity contribution >= 4 is 23.0 Å². The van der Waals surface area contributed by atoms with Crippen LogP contribution in [-0.4, -0.2) is 64.3 Å². The summed E-state index contributed by atoms with van der Waals surface area (Å²) in [7, 11) is 0. The van der Waals surface area contributed by atoms with Gasteiger partial charge in [0.15, 0.2) is 5.12 Å². The van der Waals surface area contributed by atoms with Gasteiger partial charge in [-0.25, -0.2) is 9.78 Å². The van der Waals surface area contributed by atoms with E-state index in [1.807, 2.05) is 39.0 Å². The number of ether oxygens (including phenoxy) is 1. The Morgan fingerprint density at radius 3 is 2.50 bits per heavy atom. The van der Waals surface area contributed by atoms with Crippen LogP contribution in [0.5, 0.6) is 0 Å². The number of piperazine rings is 1. The second-order valence-electron chi connectivity index (χ2n) is 7.41. The fourth-order valence-electron chi connectivity index (χ4n) is 2.66. The summed E-state index contributed by atoms with van der Waals surface area (Å²) in [5, 5.41) is 0.925. The van der Waals surface area contributed by atoms with Crippen molar-refractivity contribution in [1.29, 1.82) is 0 Å². The highest BCUT2D eigenvalue weighted by Crippen LogP contribution is 2.18. The maximum Gasteiger partial charge on any atom is 0.410 e. The molecule has 1 aromatic heterocycles. The number of rotatable bonds is 6. The summed E-state index contributed by atoms with van der Waals surface area (Å²) in [5.41, 5.74) is -0.450. The maximum absolute atomic E-state index is 12.0. The molecule has 2 heterocycles. The third-order valence-electron chi connectivity index (χ3n) is 3.99. The van der Waals surface area contributed by atoms with E-state index < -0.39 is 5.60 Å². The second kappa shape index (κ2) is 9.92. The number of aromatic nitrogens is 1. The molecule has 1 aromatic rings. The lowest BCUT2D eigenvalue weighted by Crippen LogP contribution is -2.50. The first kappa shape index (κ1) is 20.7. The normalized spacial score (nSPS) is 15.7. The Kier molecular flexibility index (Phi) is 7.90. The molecule has 6 nitrogen and oxygen atoms in total. The molecule has 0 aromatic carbocycles. The SMILES string of the molecule is CC(C)(C)OC(=O)N1CCN(CCCCC(=O)Sc2ccccn2)CC1. The van der Waals surface area contributed by atoms with Crippen molar-refractivity contribution in [2.75, 3.05) is 32.7 Å². The molecule has 0 saturated carbocycles. The molecular weight excluding hydrogens is 350 g/mol. The number of carbonyl (C=O) groups is 2. The lowest BCUT2D eigenvalue weighted by molar-refractivity contribution is -0.111. The van der Waals surface area contributed by atoms with E-state index in [1.54, 1.807) is 11.1 Å². The van der Waals surface area contributed by atoms with Crippen molar-refractivity contribution in [2.45, 2.75) is 50.7 Å². The molecule has 0 unspecified atom stereocenters. The van der Waals surface area contributed by atoms with Crippen molar-refractivity contribution in [3.63, 3.8) is 0 Å². The number of hydrogen-bond donors (Lipinski definition) is 0. The molecule has 144 valence electrons. The molecule has 26 heavy (non-hydrogen) atoms. The van der Waals surface area contributed by atoms with E-state index in [9.17, 15) is 9.59 Å². The van der Waals surface area contributed by atoms with Crippen molar-refractivity contribution in [1.82, 2.24) is 14.8 Å². The van der Waals surface area contributed by atoms with Crippen LogP contribution in [0.1, 0.15) is 40.0 Å². The predicted molar refractivity (Wildman–Crippen MR) is 103 cm³/mol. The first-order valence-electron chi connectivity index (χ1n) is 9.15. The van der Waals surface area contributed by atoms with E-state index in [2.05, 4.69) is 9.88 Å². The molecule has 1 amide bonds. The molecule has 0 radical (unpaired) electrons. The number of carbonyl (C=O) groups excluding carboxylic acids is 2. The van der Waals surface area contributed by atoms with Crippen molar-refractivity contribution < 1.29 is 14.3 Å². The Balaban J connectivity index is 1.57. The van der Waals surface area contributed by atoms with Gasteiger partial charge in [-0.2, -0.15) is 0 Å². The number of pyridine rings is 1. The first-order valence-corrected chi connectivity index (χ1v) is 9.97.